The molecule has 2 aromatic carbocycles. The van der Waals surface area contributed by atoms with E-state index in [-0.39, 0.29) is 23.9 Å². The van der Waals surface area contributed by atoms with Crippen molar-refractivity contribution in [3.05, 3.63) is 70.2 Å². The third-order valence-corrected chi connectivity index (χ3v) is 9.76. The van der Waals surface area contributed by atoms with Gasteiger partial charge in [0.25, 0.3) is 0 Å². The number of ether oxygens (including phenoxy) is 2. The van der Waals surface area contributed by atoms with Gasteiger partial charge < -0.3 is 30.7 Å². The number of nitrogens with zero attached hydrogens (tertiary/aromatic N) is 4. The molecule has 14 heteroatoms. The van der Waals surface area contributed by atoms with Crippen LogP contribution < -0.4 is 30.7 Å². The third-order valence-electron chi connectivity index (χ3n) is 8.94. The highest BCUT2D eigenvalue weighted by Gasteiger charge is 2.22. The van der Waals surface area contributed by atoms with Gasteiger partial charge in [0.15, 0.2) is 0 Å². The smallest absolute Gasteiger partial charge is 0.237 e. The van der Waals surface area contributed by atoms with Gasteiger partial charge in [0.2, 0.25) is 23.6 Å². The van der Waals surface area contributed by atoms with Gasteiger partial charge in [-0.1, -0.05) is 59.6 Å². The van der Waals surface area contributed by atoms with Crippen molar-refractivity contribution in [1.82, 2.24) is 41.2 Å². The zero-order valence-electron chi connectivity index (χ0n) is 28.0. The number of rotatable bonds is 15. The first-order valence-corrected chi connectivity index (χ1v) is 17.5. The summed E-state index contributed by atoms with van der Waals surface area (Å²) in [5, 5.41) is 13.6. The van der Waals surface area contributed by atoms with Crippen molar-refractivity contribution in [2.45, 2.75) is 63.7 Å². The molecule has 0 unspecified atom stereocenters. The molecule has 2 saturated heterocycles. The Morgan fingerprint density at radius 1 is 0.700 bits per heavy atom. The van der Waals surface area contributed by atoms with E-state index in [0.29, 0.717) is 81.6 Å². The van der Waals surface area contributed by atoms with Crippen molar-refractivity contribution in [3.63, 3.8) is 0 Å². The van der Waals surface area contributed by atoms with Crippen LogP contribution in [0, 0.1) is 0 Å². The maximum atomic E-state index is 11.5. The Hall–Kier alpha value is -4.36. The van der Waals surface area contributed by atoms with Crippen LogP contribution >= 0.6 is 23.2 Å². The van der Waals surface area contributed by atoms with Crippen molar-refractivity contribution in [2.24, 2.45) is 0 Å². The zero-order valence-corrected chi connectivity index (χ0v) is 29.5. The van der Waals surface area contributed by atoms with Gasteiger partial charge >= 0.3 is 0 Å². The van der Waals surface area contributed by atoms with Crippen LogP contribution in [0.25, 0.3) is 33.6 Å². The molecular formula is C36H40Cl2N8O4. The predicted molar refractivity (Wildman–Crippen MR) is 192 cm³/mol. The molecule has 4 aromatic rings. The first-order valence-electron chi connectivity index (χ1n) is 16.7. The van der Waals surface area contributed by atoms with Crippen molar-refractivity contribution < 1.29 is 19.1 Å². The first kappa shape index (κ1) is 35.5. The quantitative estimate of drug-likeness (QED) is 0.122. The molecule has 0 spiro atoms. The monoisotopic (exact) mass is 718 g/mol. The summed E-state index contributed by atoms with van der Waals surface area (Å²) in [6.07, 6.45) is 7.98. The van der Waals surface area contributed by atoms with Crippen LogP contribution in [-0.2, 0) is 22.7 Å². The number of aromatic nitrogens is 4. The Kier molecular flexibility index (Phi) is 11.7. The molecule has 2 fully saturated rings. The summed E-state index contributed by atoms with van der Waals surface area (Å²) in [6, 6.07) is 11.8. The summed E-state index contributed by atoms with van der Waals surface area (Å²) in [4.78, 5) is 41.7. The second-order valence-electron chi connectivity index (χ2n) is 12.3. The topological polar surface area (TPSA) is 152 Å². The van der Waals surface area contributed by atoms with Crippen LogP contribution in [0.5, 0.6) is 11.8 Å². The van der Waals surface area contributed by atoms with E-state index < -0.39 is 0 Å². The number of halogens is 2. The molecule has 0 bridgehead atoms. The van der Waals surface area contributed by atoms with Crippen molar-refractivity contribution in [1.29, 1.82) is 0 Å². The molecule has 0 radical (unpaired) electrons. The number of hydrogen-bond donors (Lipinski definition) is 4. The van der Waals surface area contributed by atoms with Crippen LogP contribution in [0.2, 0.25) is 10.0 Å². The SMILES string of the molecule is COc1nc(-c2cccc(-c3cccc(-c4cnc(CNCC[C@@H]5CCC(=O)N5)c(OC)n4)c3Cl)c2Cl)cnc1CNCC[C@@H]1CCC(=O)N1. The lowest BCUT2D eigenvalue weighted by molar-refractivity contribution is -0.120. The molecule has 4 heterocycles. The predicted octanol–water partition coefficient (Wildman–Crippen LogP) is 5.11. The normalized spacial score (nSPS) is 17.1. The first-order chi connectivity index (χ1) is 24.3. The minimum atomic E-state index is 0.116. The molecule has 2 atom stereocenters. The Balaban J connectivity index is 1.16. The van der Waals surface area contributed by atoms with Gasteiger partial charge in [-0.2, -0.15) is 0 Å². The largest absolute Gasteiger partial charge is 0.480 e. The molecule has 2 aliphatic heterocycles. The summed E-state index contributed by atoms with van der Waals surface area (Å²) < 4.78 is 11.2. The fraction of sp³-hybridized carbons (Fsp3) is 0.389. The summed E-state index contributed by atoms with van der Waals surface area (Å²) >= 11 is 14.1. The van der Waals surface area contributed by atoms with Gasteiger partial charge in [0.1, 0.15) is 11.4 Å². The van der Waals surface area contributed by atoms with Gasteiger partial charge in [0.05, 0.1) is 48.0 Å². The van der Waals surface area contributed by atoms with E-state index in [9.17, 15) is 9.59 Å². The van der Waals surface area contributed by atoms with E-state index >= 15 is 0 Å². The molecule has 12 nitrogen and oxygen atoms in total. The number of hydrogen-bond acceptors (Lipinski definition) is 10. The highest BCUT2D eigenvalue weighted by atomic mass is 35.5. The number of carbonyl (C=O) groups is 2. The number of nitrogens with one attached hydrogen (secondary N) is 4. The number of amides is 2. The fourth-order valence-electron chi connectivity index (χ4n) is 6.25. The molecule has 6 rings (SSSR count). The van der Waals surface area contributed by atoms with E-state index in [0.717, 1.165) is 49.9 Å². The Bertz CT molecular complexity index is 1730. The third kappa shape index (κ3) is 8.32. The van der Waals surface area contributed by atoms with Gasteiger partial charge in [0, 0.05) is 60.3 Å². The zero-order chi connectivity index (χ0) is 35.0. The summed E-state index contributed by atoms with van der Waals surface area (Å²) in [5.41, 5.74) is 5.28. The van der Waals surface area contributed by atoms with Gasteiger partial charge in [-0.25, -0.2) is 9.97 Å². The fourth-order valence-corrected chi connectivity index (χ4v) is 6.90. The van der Waals surface area contributed by atoms with Gasteiger partial charge in [-0.15, -0.1) is 0 Å². The summed E-state index contributed by atoms with van der Waals surface area (Å²) in [7, 11) is 3.13. The second kappa shape index (κ2) is 16.6. The molecule has 50 heavy (non-hydrogen) atoms. The van der Waals surface area contributed by atoms with Crippen LogP contribution in [0.4, 0.5) is 0 Å². The standard InChI is InChI=1S/C36H40Cl2N8O4/c1-49-35-29(17-39-15-13-21-9-11-31(47)43-21)41-19-27(45-35)25-7-3-5-23(33(25)37)24-6-4-8-26(34(24)38)28-20-42-30(36(46-28)50-2)18-40-16-14-22-10-12-32(48)44-22/h3-8,19-22,39-40H,9-18H2,1-2H3,(H,43,47)(H,44,48)/t21-,22-/m0/s1. The average molecular weight is 720 g/mol. The molecule has 2 amide bonds. The van der Waals surface area contributed by atoms with Crippen LogP contribution in [-0.4, -0.2) is 71.1 Å². The average Bonchev–Trinajstić information content (AvgIpc) is 3.75. The Morgan fingerprint density at radius 3 is 1.50 bits per heavy atom. The summed E-state index contributed by atoms with van der Waals surface area (Å²) in [6.45, 7) is 2.40. The molecule has 4 N–H and O–H groups in total. The van der Waals surface area contributed by atoms with Crippen molar-refractivity contribution in [3.8, 4) is 45.4 Å². The number of methoxy groups -OCH3 is 2. The van der Waals surface area contributed by atoms with Crippen molar-refractivity contribution in [2.75, 3.05) is 27.3 Å². The van der Waals surface area contributed by atoms with Crippen LogP contribution in [0.3, 0.4) is 0 Å². The minimum absolute atomic E-state index is 0.116. The van der Waals surface area contributed by atoms with Crippen LogP contribution in [0.15, 0.2) is 48.8 Å². The minimum Gasteiger partial charge on any atom is -0.480 e. The number of carbonyl (C=O) groups excluding carboxylic acids is 2. The highest BCUT2D eigenvalue weighted by molar-refractivity contribution is 6.39. The second-order valence-corrected chi connectivity index (χ2v) is 13.0. The lowest BCUT2D eigenvalue weighted by Crippen LogP contribution is -2.29. The lowest BCUT2D eigenvalue weighted by atomic mass is 9.98. The maximum absolute atomic E-state index is 11.5. The number of benzene rings is 2. The van der Waals surface area contributed by atoms with E-state index in [1.165, 1.54) is 0 Å². The molecule has 0 aliphatic carbocycles. The highest BCUT2D eigenvalue weighted by Crippen LogP contribution is 2.42. The molecule has 2 aromatic heterocycles. The lowest BCUT2D eigenvalue weighted by Gasteiger charge is -2.15. The van der Waals surface area contributed by atoms with Gasteiger partial charge in [-0.3, -0.25) is 19.6 Å². The van der Waals surface area contributed by atoms with E-state index in [1.807, 2.05) is 36.4 Å². The Morgan fingerprint density at radius 2 is 1.12 bits per heavy atom. The molecule has 2 aliphatic rings. The van der Waals surface area contributed by atoms with Gasteiger partial charge in [-0.05, 0) is 38.8 Å². The van der Waals surface area contributed by atoms with Crippen LogP contribution in [0.1, 0.15) is 49.9 Å². The van der Waals surface area contributed by atoms with Crippen molar-refractivity contribution >= 4 is 35.0 Å². The Labute approximate surface area is 301 Å². The van der Waals surface area contributed by atoms with E-state index in [1.54, 1.807) is 26.6 Å². The maximum Gasteiger partial charge on any atom is 0.237 e. The molecular weight excluding hydrogens is 679 g/mol. The molecule has 262 valence electrons. The van der Waals surface area contributed by atoms with E-state index in [2.05, 4.69) is 31.2 Å². The molecule has 0 saturated carbocycles. The van der Waals surface area contributed by atoms with E-state index in [4.69, 9.17) is 42.6 Å². The summed E-state index contributed by atoms with van der Waals surface area (Å²) in [5.74, 6) is 1.04.